The summed E-state index contributed by atoms with van der Waals surface area (Å²) >= 11 is 0. The second-order valence-corrected chi connectivity index (χ2v) is 2.49. The third kappa shape index (κ3) is 2.08. The van der Waals surface area contributed by atoms with Gasteiger partial charge in [-0.3, -0.25) is 4.68 Å². The molecule has 1 aromatic rings. The first-order chi connectivity index (χ1) is 6.15. The van der Waals surface area contributed by atoms with Crippen LogP contribution in [0, 0.1) is 0 Å². The van der Waals surface area contributed by atoms with E-state index in [2.05, 4.69) is 11.7 Å². The van der Waals surface area contributed by atoms with E-state index >= 15 is 0 Å². The van der Waals surface area contributed by atoms with Crippen molar-refractivity contribution in [2.24, 2.45) is 7.05 Å². The molecule has 0 saturated carbocycles. The van der Waals surface area contributed by atoms with Gasteiger partial charge in [-0.05, 0) is 0 Å². The van der Waals surface area contributed by atoms with Gasteiger partial charge in [-0.1, -0.05) is 12.7 Å². The van der Waals surface area contributed by atoms with E-state index in [1.54, 1.807) is 13.2 Å². The fraction of sp³-hybridized carbons (Fsp3) is 0.250. The lowest BCUT2D eigenvalue weighted by Gasteiger charge is -1.97. The molecule has 0 aliphatic carbocycles. The molecule has 70 valence electrons. The molecule has 0 unspecified atom stereocenters. The molecular formula is C8H11N3O2. The average Bonchev–Trinajstić information content (AvgIpc) is 2.41. The number of nitrogens with zero attached hydrogens (tertiary/aromatic N) is 2. The molecular weight excluding hydrogens is 170 g/mol. The van der Waals surface area contributed by atoms with E-state index in [0.717, 1.165) is 0 Å². The van der Waals surface area contributed by atoms with E-state index in [1.165, 1.54) is 10.8 Å². The Morgan fingerprint density at radius 3 is 3.08 bits per heavy atom. The van der Waals surface area contributed by atoms with Crippen molar-refractivity contribution in [3.8, 4) is 0 Å². The summed E-state index contributed by atoms with van der Waals surface area (Å²) in [6, 6.07) is 0. The Morgan fingerprint density at radius 2 is 2.62 bits per heavy atom. The number of ether oxygens (including phenoxy) is 1. The molecule has 1 aromatic heterocycles. The topological polar surface area (TPSA) is 70.1 Å². The Hall–Kier alpha value is -1.78. The minimum Gasteiger partial charge on any atom is -0.457 e. The molecule has 1 heterocycles. The van der Waals surface area contributed by atoms with Crippen molar-refractivity contribution in [2.75, 3.05) is 12.3 Å². The highest BCUT2D eigenvalue weighted by atomic mass is 16.5. The molecule has 0 aromatic carbocycles. The van der Waals surface area contributed by atoms with Crippen molar-refractivity contribution in [1.29, 1.82) is 0 Å². The number of rotatable bonds is 3. The molecule has 1 rings (SSSR count). The van der Waals surface area contributed by atoms with E-state index in [4.69, 9.17) is 10.5 Å². The normalized spacial score (nSPS) is 9.62. The molecule has 0 radical (unpaired) electrons. The maximum Gasteiger partial charge on any atom is 0.361 e. The van der Waals surface area contributed by atoms with Crippen LogP contribution in [0.25, 0.3) is 0 Å². The zero-order valence-corrected chi connectivity index (χ0v) is 7.36. The van der Waals surface area contributed by atoms with E-state index in [1.807, 2.05) is 0 Å². The lowest BCUT2D eigenvalue weighted by molar-refractivity contribution is 0.0543. The zero-order valence-electron chi connectivity index (χ0n) is 7.36. The van der Waals surface area contributed by atoms with Gasteiger partial charge in [0.05, 0.1) is 5.69 Å². The van der Waals surface area contributed by atoms with Crippen LogP contribution in [0.3, 0.4) is 0 Å². The quantitative estimate of drug-likeness (QED) is 0.539. The number of esters is 1. The molecule has 0 spiro atoms. The SMILES string of the molecule is C=CCOC(=O)c1nn(C)cc1N. The lowest BCUT2D eigenvalue weighted by Crippen LogP contribution is -2.08. The maximum atomic E-state index is 11.2. The summed E-state index contributed by atoms with van der Waals surface area (Å²) in [4.78, 5) is 11.2. The van der Waals surface area contributed by atoms with Crippen LogP contribution in [0.4, 0.5) is 5.69 Å². The molecule has 0 amide bonds. The molecule has 0 atom stereocenters. The third-order valence-corrected chi connectivity index (χ3v) is 1.38. The summed E-state index contributed by atoms with van der Waals surface area (Å²) in [5, 5.41) is 3.85. The van der Waals surface area contributed by atoms with Crippen LogP contribution in [0.5, 0.6) is 0 Å². The number of aromatic nitrogens is 2. The zero-order chi connectivity index (χ0) is 9.84. The van der Waals surface area contributed by atoms with Gasteiger partial charge in [0.2, 0.25) is 0 Å². The van der Waals surface area contributed by atoms with Crippen molar-refractivity contribution in [3.63, 3.8) is 0 Å². The van der Waals surface area contributed by atoms with Gasteiger partial charge in [0.25, 0.3) is 0 Å². The first-order valence-electron chi connectivity index (χ1n) is 3.72. The van der Waals surface area contributed by atoms with Gasteiger partial charge in [-0.2, -0.15) is 5.10 Å². The van der Waals surface area contributed by atoms with Gasteiger partial charge in [-0.25, -0.2) is 4.79 Å². The highest BCUT2D eigenvalue weighted by Crippen LogP contribution is 2.08. The van der Waals surface area contributed by atoms with E-state index < -0.39 is 5.97 Å². The molecule has 2 N–H and O–H groups in total. The highest BCUT2D eigenvalue weighted by molar-refractivity contribution is 5.92. The smallest absolute Gasteiger partial charge is 0.361 e. The number of hydrogen-bond acceptors (Lipinski definition) is 4. The molecule has 0 fully saturated rings. The number of carbonyl (C=O) groups is 1. The molecule has 0 aliphatic heterocycles. The Bertz CT molecular complexity index is 330. The van der Waals surface area contributed by atoms with Crippen molar-refractivity contribution in [2.45, 2.75) is 0 Å². The molecule has 5 nitrogen and oxygen atoms in total. The molecule has 13 heavy (non-hydrogen) atoms. The molecule has 0 saturated heterocycles. The fourth-order valence-electron chi connectivity index (χ4n) is 0.868. The van der Waals surface area contributed by atoms with Crippen LogP contribution < -0.4 is 5.73 Å². The summed E-state index contributed by atoms with van der Waals surface area (Å²) in [5.41, 5.74) is 5.96. The Balaban J connectivity index is 2.76. The van der Waals surface area contributed by atoms with Gasteiger partial charge in [0, 0.05) is 13.2 Å². The minimum absolute atomic E-state index is 0.143. The summed E-state index contributed by atoms with van der Waals surface area (Å²) < 4.78 is 6.22. The number of aryl methyl sites for hydroxylation is 1. The number of nitrogen functional groups attached to an aromatic ring is 1. The average molecular weight is 181 g/mol. The van der Waals surface area contributed by atoms with Crippen molar-refractivity contribution in [1.82, 2.24) is 9.78 Å². The van der Waals surface area contributed by atoms with Crippen LogP contribution in [0.2, 0.25) is 0 Å². The van der Waals surface area contributed by atoms with Gasteiger partial charge >= 0.3 is 5.97 Å². The van der Waals surface area contributed by atoms with Gasteiger partial charge in [0.15, 0.2) is 5.69 Å². The molecule has 0 aliphatic rings. The molecule has 5 heteroatoms. The first-order valence-corrected chi connectivity index (χ1v) is 3.72. The predicted octanol–water partition coefficient (Wildman–Crippen LogP) is 0.345. The Morgan fingerprint density at radius 1 is 1.92 bits per heavy atom. The Kier molecular flexibility index (Phi) is 2.69. The summed E-state index contributed by atoms with van der Waals surface area (Å²) in [7, 11) is 1.68. The third-order valence-electron chi connectivity index (χ3n) is 1.38. The maximum absolute atomic E-state index is 11.2. The van der Waals surface area contributed by atoms with Crippen molar-refractivity contribution < 1.29 is 9.53 Å². The van der Waals surface area contributed by atoms with Gasteiger partial charge in [-0.15, -0.1) is 0 Å². The fourth-order valence-corrected chi connectivity index (χ4v) is 0.868. The van der Waals surface area contributed by atoms with Crippen LogP contribution in [0.1, 0.15) is 10.5 Å². The van der Waals surface area contributed by atoms with Gasteiger partial charge in [0.1, 0.15) is 6.61 Å². The van der Waals surface area contributed by atoms with Crippen LogP contribution in [-0.2, 0) is 11.8 Å². The summed E-state index contributed by atoms with van der Waals surface area (Å²) in [6.45, 7) is 3.58. The largest absolute Gasteiger partial charge is 0.457 e. The van der Waals surface area contributed by atoms with Crippen LogP contribution >= 0.6 is 0 Å². The van der Waals surface area contributed by atoms with E-state index in [0.29, 0.717) is 5.69 Å². The number of nitrogens with two attached hydrogens (primary N) is 1. The second kappa shape index (κ2) is 3.75. The number of carbonyl (C=O) groups excluding carboxylic acids is 1. The standard InChI is InChI=1S/C8H11N3O2/c1-3-4-13-8(12)7-6(9)5-11(2)10-7/h3,5H,1,4,9H2,2H3. The van der Waals surface area contributed by atoms with Gasteiger partial charge < -0.3 is 10.5 Å². The number of anilines is 1. The van der Waals surface area contributed by atoms with Crippen LogP contribution in [-0.4, -0.2) is 22.4 Å². The summed E-state index contributed by atoms with van der Waals surface area (Å²) in [6.07, 6.45) is 3.03. The monoisotopic (exact) mass is 181 g/mol. The van der Waals surface area contributed by atoms with Crippen LogP contribution in [0.15, 0.2) is 18.9 Å². The molecule has 0 bridgehead atoms. The predicted molar refractivity (Wildman–Crippen MR) is 48.1 cm³/mol. The highest BCUT2D eigenvalue weighted by Gasteiger charge is 2.14. The lowest BCUT2D eigenvalue weighted by atomic mass is 10.4. The van der Waals surface area contributed by atoms with Crippen molar-refractivity contribution in [3.05, 3.63) is 24.5 Å². The van der Waals surface area contributed by atoms with E-state index in [9.17, 15) is 4.79 Å². The van der Waals surface area contributed by atoms with Crippen molar-refractivity contribution >= 4 is 11.7 Å². The minimum atomic E-state index is -0.530. The Labute approximate surface area is 75.8 Å². The first kappa shape index (κ1) is 9.31. The number of hydrogen-bond donors (Lipinski definition) is 1. The summed E-state index contributed by atoms with van der Waals surface area (Å²) in [5.74, 6) is -0.530. The van der Waals surface area contributed by atoms with E-state index in [-0.39, 0.29) is 12.3 Å². The second-order valence-electron chi connectivity index (χ2n) is 2.49.